The summed E-state index contributed by atoms with van der Waals surface area (Å²) in [5.74, 6) is -1.35. The first kappa shape index (κ1) is 25.6. The van der Waals surface area contributed by atoms with Crippen molar-refractivity contribution >= 4 is 46.5 Å². The predicted molar refractivity (Wildman–Crippen MR) is 135 cm³/mol. The third kappa shape index (κ3) is 5.34. The first-order valence-corrected chi connectivity index (χ1v) is 11.9. The number of ketones is 2. The minimum atomic E-state index is -0.715. The molecule has 1 fully saturated rings. The van der Waals surface area contributed by atoms with Crippen molar-refractivity contribution < 1.29 is 23.5 Å². The van der Waals surface area contributed by atoms with Crippen LogP contribution in [-0.2, 0) is 9.59 Å². The number of nitrogen functional groups attached to an aromatic ring is 1. The molecule has 1 aliphatic rings. The van der Waals surface area contributed by atoms with E-state index < -0.39 is 23.5 Å². The Bertz CT molecular complexity index is 1330. The zero-order chi connectivity index (χ0) is 26.0. The van der Waals surface area contributed by atoms with Crippen LogP contribution in [0.25, 0.3) is 11.1 Å². The number of anilines is 1. The van der Waals surface area contributed by atoms with Crippen LogP contribution >= 0.6 is 23.2 Å². The van der Waals surface area contributed by atoms with E-state index in [0.717, 1.165) is 5.56 Å². The van der Waals surface area contributed by atoms with Gasteiger partial charge in [0.05, 0.1) is 5.02 Å². The molecule has 4 rings (SSSR count). The Balaban J connectivity index is 1.53. The maximum atomic E-state index is 13.9. The molecule has 10 heteroatoms. The molecule has 1 unspecified atom stereocenters. The number of pyridine rings is 1. The van der Waals surface area contributed by atoms with Gasteiger partial charge >= 0.3 is 0 Å². The number of nitrogens with two attached hydrogens (primary N) is 1. The highest BCUT2D eigenvalue weighted by atomic mass is 35.5. The van der Waals surface area contributed by atoms with Crippen LogP contribution in [0.2, 0.25) is 10.0 Å². The zero-order valence-corrected chi connectivity index (χ0v) is 20.8. The average Bonchev–Trinajstić information content (AvgIpc) is 3.03. The van der Waals surface area contributed by atoms with Gasteiger partial charge in [0.1, 0.15) is 11.9 Å². The Morgan fingerprint density at radius 1 is 1.06 bits per heavy atom. The molecule has 1 aliphatic heterocycles. The van der Waals surface area contributed by atoms with Crippen LogP contribution in [0.5, 0.6) is 5.75 Å². The second kappa shape index (κ2) is 10.6. The molecule has 1 amide bonds. The number of likely N-dealkylation sites (tertiary alicyclic amines) is 1. The summed E-state index contributed by atoms with van der Waals surface area (Å²) >= 11 is 12.3. The first-order valence-electron chi connectivity index (χ1n) is 11.2. The fraction of sp³-hybridized carbons (Fsp3) is 0.231. The summed E-state index contributed by atoms with van der Waals surface area (Å²) in [5.41, 5.74) is 8.16. The Hall–Kier alpha value is -3.49. The molecule has 1 atom stereocenters. The molecule has 36 heavy (non-hydrogen) atoms. The Morgan fingerprint density at radius 3 is 2.33 bits per heavy atom. The molecule has 186 valence electrons. The van der Waals surface area contributed by atoms with Gasteiger partial charge in [-0.05, 0) is 42.8 Å². The van der Waals surface area contributed by atoms with Crippen molar-refractivity contribution in [2.75, 3.05) is 18.8 Å². The number of hydrogen-bond acceptors (Lipinski definition) is 6. The van der Waals surface area contributed by atoms with E-state index in [0.29, 0.717) is 16.7 Å². The molecule has 0 spiro atoms. The van der Waals surface area contributed by atoms with Crippen molar-refractivity contribution in [2.45, 2.75) is 25.9 Å². The van der Waals surface area contributed by atoms with Crippen molar-refractivity contribution in [1.29, 1.82) is 0 Å². The lowest BCUT2D eigenvalue weighted by Crippen LogP contribution is -2.32. The number of benzene rings is 2. The fourth-order valence-corrected chi connectivity index (χ4v) is 4.60. The van der Waals surface area contributed by atoms with Crippen LogP contribution in [0.3, 0.4) is 0 Å². The smallest absolute Gasteiger partial charge is 0.253 e. The van der Waals surface area contributed by atoms with Crippen molar-refractivity contribution in [3.05, 3.63) is 75.7 Å². The standard InChI is InChI=1S/C26H22Cl2FN3O4/c1-14(23-18(27)6-7-19(29)24(23)28)36-22-12-17(13-31-25(22)30)15-2-4-16(5-3-15)26(35)32-10-8-20(33)21(34)9-11-32/h2-7,12-14H,8-11H2,1H3,(H2,30,31). The summed E-state index contributed by atoms with van der Waals surface area (Å²) in [7, 11) is 0. The van der Waals surface area contributed by atoms with Crippen molar-refractivity contribution in [2.24, 2.45) is 0 Å². The number of halogens is 3. The topological polar surface area (TPSA) is 103 Å². The quantitative estimate of drug-likeness (QED) is 0.355. The molecule has 0 aliphatic carbocycles. The van der Waals surface area contributed by atoms with Gasteiger partial charge in [-0.1, -0.05) is 35.3 Å². The average molecular weight is 530 g/mol. The van der Waals surface area contributed by atoms with Gasteiger partial charge in [-0.25, -0.2) is 9.37 Å². The summed E-state index contributed by atoms with van der Waals surface area (Å²) in [6.45, 7) is 2.10. The number of ether oxygens (including phenoxy) is 1. The van der Waals surface area contributed by atoms with Crippen LogP contribution in [0.4, 0.5) is 10.2 Å². The normalized spacial score (nSPS) is 14.9. The number of amides is 1. The summed E-state index contributed by atoms with van der Waals surface area (Å²) in [6, 6.07) is 11.1. The lowest BCUT2D eigenvalue weighted by atomic mass is 10.0. The van der Waals surface area contributed by atoms with E-state index in [1.165, 1.54) is 17.0 Å². The Morgan fingerprint density at radius 2 is 1.69 bits per heavy atom. The van der Waals surface area contributed by atoms with E-state index in [-0.39, 0.29) is 53.5 Å². The lowest BCUT2D eigenvalue weighted by molar-refractivity contribution is -0.135. The van der Waals surface area contributed by atoms with Gasteiger partial charge in [0, 0.05) is 53.8 Å². The maximum absolute atomic E-state index is 13.9. The molecule has 7 nitrogen and oxygen atoms in total. The van der Waals surface area contributed by atoms with Gasteiger partial charge in [-0.15, -0.1) is 0 Å². The molecule has 2 heterocycles. The van der Waals surface area contributed by atoms with E-state index in [2.05, 4.69) is 4.98 Å². The molecule has 2 N–H and O–H groups in total. The molecular weight excluding hydrogens is 508 g/mol. The third-order valence-electron chi connectivity index (χ3n) is 5.95. The van der Waals surface area contributed by atoms with Gasteiger partial charge in [0.2, 0.25) is 0 Å². The molecule has 0 radical (unpaired) electrons. The number of hydrogen-bond donors (Lipinski definition) is 1. The molecule has 0 saturated carbocycles. The number of rotatable bonds is 5. The van der Waals surface area contributed by atoms with Gasteiger partial charge in [0.15, 0.2) is 23.1 Å². The summed E-state index contributed by atoms with van der Waals surface area (Å²) in [5, 5.41) is 0.131. The Labute approximate surface area is 217 Å². The van der Waals surface area contributed by atoms with E-state index in [4.69, 9.17) is 33.7 Å². The molecule has 1 saturated heterocycles. The van der Waals surface area contributed by atoms with E-state index in [1.54, 1.807) is 43.5 Å². The second-order valence-corrected chi connectivity index (χ2v) is 9.13. The molecule has 3 aromatic rings. The monoisotopic (exact) mass is 529 g/mol. The number of aromatic nitrogens is 1. The highest BCUT2D eigenvalue weighted by molar-refractivity contribution is 6.37. The largest absolute Gasteiger partial charge is 0.482 e. The third-order valence-corrected chi connectivity index (χ3v) is 6.67. The maximum Gasteiger partial charge on any atom is 0.253 e. The molecule has 0 bridgehead atoms. The van der Waals surface area contributed by atoms with Crippen molar-refractivity contribution in [3.63, 3.8) is 0 Å². The van der Waals surface area contributed by atoms with Crippen LogP contribution in [0.15, 0.2) is 48.7 Å². The van der Waals surface area contributed by atoms with Gasteiger partial charge in [-0.2, -0.15) is 0 Å². The second-order valence-electron chi connectivity index (χ2n) is 8.34. The molecular formula is C26H22Cl2FN3O4. The van der Waals surface area contributed by atoms with Gasteiger partial charge < -0.3 is 15.4 Å². The number of carbonyl (C=O) groups is 3. The summed E-state index contributed by atoms with van der Waals surface area (Å²) < 4.78 is 19.9. The van der Waals surface area contributed by atoms with Crippen molar-refractivity contribution in [1.82, 2.24) is 9.88 Å². The van der Waals surface area contributed by atoms with Gasteiger partial charge in [-0.3, -0.25) is 14.4 Å². The Kier molecular flexibility index (Phi) is 7.56. The first-order chi connectivity index (χ1) is 17.2. The van der Waals surface area contributed by atoms with Crippen LogP contribution in [0.1, 0.15) is 41.8 Å². The number of carbonyl (C=O) groups excluding carboxylic acids is 3. The van der Waals surface area contributed by atoms with Crippen LogP contribution < -0.4 is 10.5 Å². The van der Waals surface area contributed by atoms with Gasteiger partial charge in [0.25, 0.3) is 5.91 Å². The minimum Gasteiger partial charge on any atom is -0.482 e. The highest BCUT2D eigenvalue weighted by Gasteiger charge is 2.25. The fourth-order valence-electron chi connectivity index (χ4n) is 3.93. The summed E-state index contributed by atoms with van der Waals surface area (Å²) in [6.07, 6.45) is 0.921. The minimum absolute atomic E-state index is 0.0347. The highest BCUT2D eigenvalue weighted by Crippen LogP contribution is 2.37. The SMILES string of the molecule is CC(Oc1cc(-c2ccc(C(=O)N3CCC(=O)C(=O)CC3)cc2)cnc1N)c1c(Cl)ccc(F)c1Cl. The predicted octanol–water partition coefficient (Wildman–Crippen LogP) is 5.29. The number of Topliss-reactive ketones (excluding diaryl/α,β-unsaturated/α-hetero) is 2. The van der Waals surface area contributed by atoms with E-state index in [9.17, 15) is 18.8 Å². The lowest BCUT2D eigenvalue weighted by Gasteiger charge is -2.20. The van der Waals surface area contributed by atoms with Crippen molar-refractivity contribution in [3.8, 4) is 16.9 Å². The molecule has 1 aromatic heterocycles. The zero-order valence-electron chi connectivity index (χ0n) is 19.3. The molecule has 2 aromatic carbocycles. The number of nitrogens with zero attached hydrogens (tertiary/aromatic N) is 2. The van der Waals surface area contributed by atoms with Crippen LogP contribution in [-0.4, -0.2) is 40.4 Å². The van der Waals surface area contributed by atoms with Crippen LogP contribution in [0, 0.1) is 5.82 Å². The van der Waals surface area contributed by atoms with E-state index >= 15 is 0 Å². The van der Waals surface area contributed by atoms with E-state index in [1.807, 2.05) is 0 Å². The summed E-state index contributed by atoms with van der Waals surface area (Å²) in [4.78, 5) is 41.8.